The molecule has 0 aromatic heterocycles. The molecule has 0 saturated heterocycles. The Bertz CT molecular complexity index is 1180. The Morgan fingerprint density at radius 1 is 1.03 bits per heavy atom. The number of halogens is 3. The van der Waals surface area contributed by atoms with Crippen LogP contribution in [0.15, 0.2) is 70.2 Å². The molecule has 3 aromatic carbocycles. The molecule has 1 amide bonds. The number of nitrogens with one attached hydrogen (secondary N) is 1. The molecule has 0 saturated carbocycles. The van der Waals surface area contributed by atoms with Crippen molar-refractivity contribution >= 4 is 57.2 Å². The van der Waals surface area contributed by atoms with Gasteiger partial charge in [0.1, 0.15) is 0 Å². The van der Waals surface area contributed by atoms with Crippen molar-refractivity contribution in [1.82, 2.24) is 5.43 Å². The summed E-state index contributed by atoms with van der Waals surface area (Å²) in [7, 11) is 0. The summed E-state index contributed by atoms with van der Waals surface area (Å²) in [6.07, 6.45) is 1.46. The van der Waals surface area contributed by atoms with Crippen LogP contribution in [0.4, 0.5) is 0 Å². The van der Waals surface area contributed by atoms with Crippen LogP contribution in [0.5, 0.6) is 11.5 Å². The number of hydrazone groups is 1. The molecule has 1 N–H and O–H groups in total. The summed E-state index contributed by atoms with van der Waals surface area (Å²) in [5, 5.41) is 4.58. The minimum absolute atomic E-state index is 0.180. The molecule has 0 aliphatic rings. The van der Waals surface area contributed by atoms with Gasteiger partial charge in [-0.05, 0) is 76.9 Å². The van der Waals surface area contributed by atoms with Gasteiger partial charge in [0, 0.05) is 9.50 Å². The number of rotatable bonds is 7. The minimum atomic E-state index is -0.644. The number of hydrogen-bond donors (Lipinski definition) is 1. The van der Waals surface area contributed by atoms with E-state index in [1.165, 1.54) is 18.3 Å². The molecule has 0 atom stereocenters. The summed E-state index contributed by atoms with van der Waals surface area (Å²) in [5.41, 5.74) is 3.74. The highest BCUT2D eigenvalue weighted by Crippen LogP contribution is 2.30. The zero-order valence-corrected chi connectivity index (χ0v) is 19.9. The second-order valence-electron chi connectivity index (χ2n) is 6.33. The molecule has 0 bridgehead atoms. The van der Waals surface area contributed by atoms with E-state index in [0.29, 0.717) is 33.0 Å². The van der Waals surface area contributed by atoms with Crippen LogP contribution < -0.4 is 14.9 Å². The first-order valence-corrected chi connectivity index (χ1v) is 11.0. The number of ether oxygens (including phenoxy) is 2. The fourth-order valence-electron chi connectivity index (χ4n) is 2.64. The summed E-state index contributed by atoms with van der Waals surface area (Å²) >= 11 is 15.3. The van der Waals surface area contributed by atoms with Crippen LogP contribution in [-0.4, -0.2) is 24.7 Å². The van der Waals surface area contributed by atoms with Crippen molar-refractivity contribution in [1.29, 1.82) is 0 Å². The van der Waals surface area contributed by atoms with Crippen LogP contribution in [0.3, 0.4) is 0 Å². The third-order valence-electron chi connectivity index (χ3n) is 4.12. The number of benzene rings is 3. The minimum Gasteiger partial charge on any atom is -0.490 e. The molecule has 0 fully saturated rings. The van der Waals surface area contributed by atoms with E-state index in [9.17, 15) is 9.59 Å². The highest BCUT2D eigenvalue weighted by atomic mass is 79.9. The predicted molar refractivity (Wildman–Crippen MR) is 128 cm³/mol. The van der Waals surface area contributed by atoms with E-state index in [1.807, 2.05) is 6.07 Å². The third kappa shape index (κ3) is 6.09. The van der Waals surface area contributed by atoms with Gasteiger partial charge in [0.15, 0.2) is 11.5 Å². The first-order valence-electron chi connectivity index (χ1n) is 9.41. The van der Waals surface area contributed by atoms with E-state index < -0.39 is 5.97 Å². The Kier molecular flexibility index (Phi) is 8.27. The number of carbonyl (C=O) groups excluding carboxylic acids is 2. The standard InChI is InChI=1S/C23H17BrCl2N2O4/c1-2-31-21-11-14(13-27-28-22(29)16-5-3-4-6-18(16)24)7-10-20(21)32-23(30)17-9-8-15(25)12-19(17)26/h3-13H,2H2,1H3,(H,28,29). The molecule has 3 aromatic rings. The lowest BCUT2D eigenvalue weighted by Gasteiger charge is -2.12. The molecule has 164 valence electrons. The second kappa shape index (κ2) is 11.1. The van der Waals surface area contributed by atoms with E-state index in [1.54, 1.807) is 49.4 Å². The smallest absolute Gasteiger partial charge is 0.345 e. The van der Waals surface area contributed by atoms with E-state index in [0.717, 1.165) is 0 Å². The maximum Gasteiger partial charge on any atom is 0.345 e. The first-order chi connectivity index (χ1) is 15.4. The number of hydrogen-bond acceptors (Lipinski definition) is 5. The Labute approximate surface area is 203 Å². The summed E-state index contributed by atoms with van der Waals surface area (Å²) in [5.74, 6) is -0.442. The number of nitrogens with zero attached hydrogens (tertiary/aromatic N) is 1. The van der Waals surface area contributed by atoms with Crippen LogP contribution >= 0.6 is 39.1 Å². The SMILES string of the molecule is CCOc1cc(C=NNC(=O)c2ccccc2Br)ccc1OC(=O)c1ccc(Cl)cc1Cl. The van der Waals surface area contributed by atoms with Gasteiger partial charge in [0.25, 0.3) is 5.91 Å². The van der Waals surface area contributed by atoms with Crippen molar-refractivity contribution in [2.24, 2.45) is 5.10 Å². The molecule has 0 spiro atoms. The molecule has 6 nitrogen and oxygen atoms in total. The molecule has 0 unspecified atom stereocenters. The average molecular weight is 536 g/mol. The molecule has 0 radical (unpaired) electrons. The topological polar surface area (TPSA) is 77.0 Å². The van der Waals surface area contributed by atoms with Gasteiger partial charge in [-0.3, -0.25) is 4.79 Å². The van der Waals surface area contributed by atoms with Crippen molar-refractivity contribution in [3.63, 3.8) is 0 Å². The molecule has 9 heteroatoms. The monoisotopic (exact) mass is 534 g/mol. The first kappa shape index (κ1) is 23.8. The van der Waals surface area contributed by atoms with Gasteiger partial charge < -0.3 is 9.47 Å². The van der Waals surface area contributed by atoms with Crippen LogP contribution in [0, 0.1) is 0 Å². The number of esters is 1. The zero-order chi connectivity index (χ0) is 23.1. The van der Waals surface area contributed by atoms with Crippen LogP contribution in [-0.2, 0) is 0 Å². The zero-order valence-electron chi connectivity index (χ0n) is 16.8. The second-order valence-corrected chi connectivity index (χ2v) is 8.03. The Hall–Kier alpha value is -2.87. The Balaban J connectivity index is 1.74. The third-order valence-corrected chi connectivity index (χ3v) is 5.36. The van der Waals surface area contributed by atoms with E-state index >= 15 is 0 Å². The van der Waals surface area contributed by atoms with Gasteiger partial charge in [-0.1, -0.05) is 35.3 Å². The molecule has 32 heavy (non-hydrogen) atoms. The van der Waals surface area contributed by atoms with Gasteiger partial charge >= 0.3 is 5.97 Å². The molecule has 0 aliphatic heterocycles. The van der Waals surface area contributed by atoms with Crippen molar-refractivity contribution < 1.29 is 19.1 Å². The van der Waals surface area contributed by atoms with Crippen molar-refractivity contribution in [2.75, 3.05) is 6.61 Å². The van der Waals surface area contributed by atoms with Gasteiger partial charge in [0.05, 0.1) is 29.0 Å². The summed E-state index contributed by atoms with van der Waals surface area (Å²) in [6.45, 7) is 2.16. The van der Waals surface area contributed by atoms with Crippen LogP contribution in [0.2, 0.25) is 10.0 Å². The molecule has 0 aliphatic carbocycles. The molecule has 0 heterocycles. The number of amides is 1. The molecule has 3 rings (SSSR count). The Morgan fingerprint density at radius 2 is 1.81 bits per heavy atom. The van der Waals surface area contributed by atoms with E-state index in [4.69, 9.17) is 32.7 Å². The van der Waals surface area contributed by atoms with Gasteiger partial charge in [-0.15, -0.1) is 0 Å². The highest BCUT2D eigenvalue weighted by Gasteiger charge is 2.16. The molecular weight excluding hydrogens is 519 g/mol. The van der Waals surface area contributed by atoms with Crippen LogP contribution in [0.1, 0.15) is 33.2 Å². The maximum absolute atomic E-state index is 12.5. The quantitative estimate of drug-likeness (QED) is 0.171. The lowest BCUT2D eigenvalue weighted by atomic mass is 10.2. The van der Waals surface area contributed by atoms with Gasteiger partial charge in [-0.2, -0.15) is 5.10 Å². The summed E-state index contributed by atoms with van der Waals surface area (Å²) in [6, 6.07) is 16.4. The highest BCUT2D eigenvalue weighted by molar-refractivity contribution is 9.10. The summed E-state index contributed by atoms with van der Waals surface area (Å²) < 4.78 is 11.7. The van der Waals surface area contributed by atoms with E-state index in [-0.39, 0.29) is 22.2 Å². The molecular formula is C23H17BrCl2N2O4. The normalized spacial score (nSPS) is 10.8. The lowest BCUT2D eigenvalue weighted by Crippen LogP contribution is -2.18. The number of carbonyl (C=O) groups is 2. The van der Waals surface area contributed by atoms with Crippen LogP contribution in [0.25, 0.3) is 0 Å². The predicted octanol–water partition coefficient (Wildman–Crippen LogP) is 6.14. The average Bonchev–Trinajstić information content (AvgIpc) is 2.75. The largest absolute Gasteiger partial charge is 0.490 e. The van der Waals surface area contributed by atoms with Crippen molar-refractivity contribution in [3.05, 3.63) is 91.9 Å². The van der Waals surface area contributed by atoms with Gasteiger partial charge in [-0.25, -0.2) is 10.2 Å². The fourth-order valence-corrected chi connectivity index (χ4v) is 3.59. The van der Waals surface area contributed by atoms with Crippen molar-refractivity contribution in [3.8, 4) is 11.5 Å². The fraction of sp³-hybridized carbons (Fsp3) is 0.0870. The Morgan fingerprint density at radius 3 is 2.53 bits per heavy atom. The summed E-state index contributed by atoms with van der Waals surface area (Å²) in [4.78, 5) is 24.7. The maximum atomic E-state index is 12.5. The lowest BCUT2D eigenvalue weighted by molar-refractivity contribution is 0.0728. The van der Waals surface area contributed by atoms with Crippen molar-refractivity contribution in [2.45, 2.75) is 6.92 Å². The van der Waals surface area contributed by atoms with E-state index in [2.05, 4.69) is 26.5 Å². The van der Waals surface area contributed by atoms with Gasteiger partial charge in [0.2, 0.25) is 0 Å².